The number of rotatable bonds is 4. The Bertz CT molecular complexity index is 547. The zero-order valence-electron chi connectivity index (χ0n) is 10.3. The molecule has 0 aliphatic heterocycles. The zero-order chi connectivity index (χ0) is 13.1. The summed E-state index contributed by atoms with van der Waals surface area (Å²) in [5.41, 5.74) is 1.14. The van der Waals surface area contributed by atoms with Crippen LogP contribution in [0, 0.1) is 0 Å². The monoisotopic (exact) mass is 343 g/mol. The number of carbonyl (C=O) groups is 1. The van der Waals surface area contributed by atoms with E-state index in [0.29, 0.717) is 6.54 Å². The fourth-order valence-corrected chi connectivity index (χ4v) is 4.21. The quantitative estimate of drug-likeness (QED) is 0.805. The van der Waals surface area contributed by atoms with Crippen molar-refractivity contribution in [3.05, 3.63) is 42.7 Å². The predicted molar refractivity (Wildman–Crippen MR) is 81.5 cm³/mol. The number of hydrogen-bond acceptors (Lipinski definition) is 3. The molecule has 2 aromatic heterocycles. The van der Waals surface area contributed by atoms with E-state index >= 15 is 0 Å². The molecule has 0 saturated heterocycles. The average molecular weight is 344 g/mol. The van der Waals surface area contributed by atoms with Gasteiger partial charge in [-0.15, -0.1) is 22.7 Å². The van der Waals surface area contributed by atoms with E-state index in [1.165, 1.54) is 16.2 Å². The van der Waals surface area contributed by atoms with Gasteiger partial charge in [0, 0.05) is 21.8 Å². The van der Waals surface area contributed by atoms with Gasteiger partial charge in [0.25, 0.3) is 5.91 Å². The fraction of sp³-hybridized carbons (Fsp3) is 0.308. The lowest BCUT2D eigenvalue weighted by Crippen LogP contribution is -2.25. The lowest BCUT2D eigenvalue weighted by atomic mass is 10.2. The molecule has 0 atom stereocenters. The van der Waals surface area contributed by atoms with E-state index in [0.717, 1.165) is 21.3 Å². The molecular weight excluding hydrogens is 330 g/mol. The van der Waals surface area contributed by atoms with Crippen molar-refractivity contribution in [2.24, 2.45) is 0 Å². The molecule has 0 bridgehead atoms. The second-order valence-corrected chi connectivity index (χ2v) is 6.85. The SMILES string of the molecule is CCc1ccsc1C(=O)N(C)Cc1cc(Br)cs1. The smallest absolute Gasteiger partial charge is 0.264 e. The van der Waals surface area contributed by atoms with Crippen LogP contribution in [0.25, 0.3) is 0 Å². The molecule has 0 fully saturated rings. The maximum Gasteiger partial charge on any atom is 0.264 e. The molecule has 0 radical (unpaired) electrons. The van der Waals surface area contributed by atoms with Crippen LogP contribution in [0.15, 0.2) is 27.4 Å². The molecule has 2 heterocycles. The summed E-state index contributed by atoms with van der Waals surface area (Å²) >= 11 is 6.62. The third-order valence-corrected chi connectivity index (χ3v) is 5.31. The summed E-state index contributed by atoms with van der Waals surface area (Å²) in [5.74, 6) is 0.117. The van der Waals surface area contributed by atoms with Gasteiger partial charge in [-0.2, -0.15) is 0 Å². The largest absolute Gasteiger partial charge is 0.336 e. The van der Waals surface area contributed by atoms with Gasteiger partial charge < -0.3 is 4.90 Å². The number of amides is 1. The lowest BCUT2D eigenvalue weighted by Gasteiger charge is -2.16. The number of nitrogens with zero attached hydrogens (tertiary/aromatic N) is 1. The first kappa shape index (κ1) is 13.8. The summed E-state index contributed by atoms with van der Waals surface area (Å²) in [4.78, 5) is 16.2. The maximum atomic E-state index is 12.3. The topological polar surface area (TPSA) is 20.3 Å². The van der Waals surface area contributed by atoms with Gasteiger partial charge in [0.1, 0.15) is 0 Å². The number of aryl methyl sites for hydroxylation is 1. The molecule has 0 aromatic carbocycles. The third-order valence-electron chi connectivity index (χ3n) is 2.68. The van der Waals surface area contributed by atoms with E-state index in [1.54, 1.807) is 16.2 Å². The number of hydrogen-bond donors (Lipinski definition) is 0. The van der Waals surface area contributed by atoms with Crippen molar-refractivity contribution in [3.8, 4) is 0 Å². The molecule has 18 heavy (non-hydrogen) atoms. The van der Waals surface area contributed by atoms with Crippen LogP contribution in [0.2, 0.25) is 0 Å². The van der Waals surface area contributed by atoms with Crippen LogP contribution in [0.1, 0.15) is 27.0 Å². The van der Waals surface area contributed by atoms with Gasteiger partial charge in [-0.25, -0.2) is 0 Å². The van der Waals surface area contributed by atoms with Crippen LogP contribution < -0.4 is 0 Å². The standard InChI is InChI=1S/C13H14BrNOS2/c1-3-9-4-5-17-12(9)13(16)15(2)7-11-6-10(14)8-18-11/h4-6,8H,3,7H2,1-2H3. The van der Waals surface area contributed by atoms with Gasteiger partial charge in [0.15, 0.2) is 0 Å². The first-order valence-corrected chi connectivity index (χ1v) is 8.21. The van der Waals surface area contributed by atoms with Crippen LogP contribution in [-0.2, 0) is 13.0 Å². The van der Waals surface area contributed by atoms with E-state index in [1.807, 2.05) is 23.9 Å². The van der Waals surface area contributed by atoms with Crippen molar-refractivity contribution in [1.29, 1.82) is 0 Å². The number of carbonyl (C=O) groups excluding carboxylic acids is 1. The van der Waals surface area contributed by atoms with E-state index in [-0.39, 0.29) is 5.91 Å². The molecule has 2 aromatic rings. The van der Waals surface area contributed by atoms with Gasteiger partial charge in [-0.05, 0) is 45.4 Å². The van der Waals surface area contributed by atoms with Crippen molar-refractivity contribution in [1.82, 2.24) is 4.90 Å². The normalized spacial score (nSPS) is 10.6. The highest BCUT2D eigenvalue weighted by atomic mass is 79.9. The molecule has 0 aliphatic carbocycles. The molecule has 0 N–H and O–H groups in total. The van der Waals surface area contributed by atoms with Gasteiger partial charge in [0.2, 0.25) is 0 Å². The summed E-state index contributed by atoms with van der Waals surface area (Å²) < 4.78 is 1.08. The Morgan fingerprint density at radius 1 is 1.44 bits per heavy atom. The van der Waals surface area contributed by atoms with Crippen molar-refractivity contribution in [3.63, 3.8) is 0 Å². The molecule has 0 unspecified atom stereocenters. The van der Waals surface area contributed by atoms with Crippen LogP contribution in [0.5, 0.6) is 0 Å². The lowest BCUT2D eigenvalue weighted by molar-refractivity contribution is 0.0790. The predicted octanol–water partition coefficient (Wildman–Crippen LogP) is 4.41. The van der Waals surface area contributed by atoms with Crippen LogP contribution >= 0.6 is 38.6 Å². The molecule has 2 rings (SSSR count). The zero-order valence-corrected chi connectivity index (χ0v) is 13.5. The highest BCUT2D eigenvalue weighted by Crippen LogP contribution is 2.23. The molecule has 1 amide bonds. The van der Waals surface area contributed by atoms with Crippen molar-refractivity contribution >= 4 is 44.5 Å². The minimum Gasteiger partial charge on any atom is -0.336 e. The van der Waals surface area contributed by atoms with Crippen molar-refractivity contribution < 1.29 is 4.79 Å². The Labute approximate surface area is 123 Å². The van der Waals surface area contributed by atoms with Crippen molar-refractivity contribution in [2.75, 3.05) is 7.05 Å². The Morgan fingerprint density at radius 2 is 2.22 bits per heavy atom. The summed E-state index contributed by atoms with van der Waals surface area (Å²) in [6.07, 6.45) is 0.906. The van der Waals surface area contributed by atoms with Gasteiger partial charge in [-0.1, -0.05) is 6.92 Å². The van der Waals surface area contributed by atoms with Crippen LogP contribution in [0.4, 0.5) is 0 Å². The summed E-state index contributed by atoms with van der Waals surface area (Å²) in [7, 11) is 1.86. The van der Waals surface area contributed by atoms with E-state index in [2.05, 4.69) is 28.9 Å². The highest BCUT2D eigenvalue weighted by Gasteiger charge is 2.17. The molecule has 0 aliphatic rings. The summed E-state index contributed by atoms with van der Waals surface area (Å²) in [6.45, 7) is 2.74. The van der Waals surface area contributed by atoms with Gasteiger partial charge in [-0.3, -0.25) is 4.79 Å². The highest BCUT2D eigenvalue weighted by molar-refractivity contribution is 9.10. The van der Waals surface area contributed by atoms with Gasteiger partial charge >= 0.3 is 0 Å². The van der Waals surface area contributed by atoms with E-state index < -0.39 is 0 Å². The molecule has 5 heteroatoms. The first-order valence-electron chi connectivity index (χ1n) is 5.66. The second-order valence-electron chi connectivity index (χ2n) is 4.02. The van der Waals surface area contributed by atoms with E-state index in [9.17, 15) is 4.79 Å². The Hall–Kier alpha value is -0.650. The molecular formula is C13H14BrNOS2. The molecule has 0 saturated carbocycles. The maximum absolute atomic E-state index is 12.3. The third kappa shape index (κ3) is 3.02. The van der Waals surface area contributed by atoms with E-state index in [4.69, 9.17) is 0 Å². The minimum atomic E-state index is 0.117. The molecule has 0 spiro atoms. The van der Waals surface area contributed by atoms with Crippen LogP contribution in [-0.4, -0.2) is 17.9 Å². The Kier molecular flexibility index (Phi) is 4.59. The minimum absolute atomic E-state index is 0.117. The molecule has 96 valence electrons. The number of halogens is 1. The van der Waals surface area contributed by atoms with Gasteiger partial charge in [0.05, 0.1) is 11.4 Å². The van der Waals surface area contributed by atoms with Crippen molar-refractivity contribution in [2.45, 2.75) is 19.9 Å². The fourth-order valence-electron chi connectivity index (χ4n) is 1.72. The second kappa shape index (κ2) is 5.99. The number of thiophene rings is 2. The average Bonchev–Trinajstić information content (AvgIpc) is 2.96. The first-order chi connectivity index (χ1) is 8.61. The summed E-state index contributed by atoms with van der Waals surface area (Å²) in [6, 6.07) is 4.09. The van der Waals surface area contributed by atoms with Crippen LogP contribution in [0.3, 0.4) is 0 Å². The Morgan fingerprint density at radius 3 is 2.83 bits per heavy atom. The summed E-state index contributed by atoms with van der Waals surface area (Å²) in [5, 5.41) is 4.03. The Balaban J connectivity index is 2.09. The molecule has 2 nitrogen and oxygen atoms in total.